The molecule has 0 bridgehead atoms. The summed E-state index contributed by atoms with van der Waals surface area (Å²) in [6.45, 7) is -0.172. The Hall–Kier alpha value is -2.11. The molecule has 1 rings (SSSR count). The summed E-state index contributed by atoms with van der Waals surface area (Å²) in [6.07, 6.45) is 7.63. The van der Waals surface area contributed by atoms with Gasteiger partial charge in [0, 0.05) is 5.41 Å². The molecule has 0 unspecified atom stereocenters. The summed E-state index contributed by atoms with van der Waals surface area (Å²) in [6, 6.07) is 9.83. The monoisotopic (exact) mass is 320 g/mol. The van der Waals surface area contributed by atoms with E-state index in [1.807, 2.05) is 42.5 Å². The molecule has 0 fully saturated rings. The zero-order valence-electron chi connectivity index (χ0n) is 13.4. The Labute approximate surface area is 136 Å². The highest BCUT2D eigenvalue weighted by Crippen LogP contribution is 2.27. The Morgan fingerprint density at radius 3 is 2.35 bits per heavy atom. The number of hydrogen-bond donors (Lipinski definition) is 2. The van der Waals surface area contributed by atoms with Crippen molar-refractivity contribution in [2.45, 2.75) is 12.8 Å². The molecule has 23 heavy (non-hydrogen) atoms. The normalized spacial score (nSPS) is 12.0. The van der Waals surface area contributed by atoms with Crippen LogP contribution in [0.15, 0.2) is 48.6 Å². The van der Waals surface area contributed by atoms with Gasteiger partial charge in [-0.15, -0.1) is 0 Å². The second-order valence-corrected chi connectivity index (χ2v) is 5.27. The number of ether oxygens (including phenoxy) is 2. The summed E-state index contributed by atoms with van der Waals surface area (Å²) in [5.41, 5.74) is 0.437. The van der Waals surface area contributed by atoms with Crippen molar-refractivity contribution in [2.75, 3.05) is 26.9 Å². The molecule has 5 nitrogen and oxygen atoms in total. The lowest BCUT2D eigenvalue weighted by Crippen LogP contribution is -2.28. The highest BCUT2D eigenvalue weighted by atomic mass is 16.7. The predicted molar refractivity (Wildman–Crippen MR) is 88.8 cm³/mol. The third-order valence-electron chi connectivity index (χ3n) is 3.51. The van der Waals surface area contributed by atoms with E-state index in [2.05, 4.69) is 4.74 Å². The van der Waals surface area contributed by atoms with Crippen LogP contribution in [-0.2, 0) is 9.47 Å². The van der Waals surface area contributed by atoms with E-state index < -0.39 is 11.6 Å². The van der Waals surface area contributed by atoms with Crippen molar-refractivity contribution < 1.29 is 24.5 Å². The predicted octanol–water partition coefficient (Wildman–Crippen LogP) is 2.79. The summed E-state index contributed by atoms with van der Waals surface area (Å²) < 4.78 is 9.08. The Morgan fingerprint density at radius 2 is 1.74 bits per heavy atom. The maximum Gasteiger partial charge on any atom is 0.508 e. The van der Waals surface area contributed by atoms with Crippen molar-refractivity contribution in [2.24, 2.45) is 5.41 Å². The molecule has 0 spiro atoms. The second-order valence-electron chi connectivity index (χ2n) is 5.27. The van der Waals surface area contributed by atoms with Gasteiger partial charge >= 0.3 is 6.16 Å². The van der Waals surface area contributed by atoms with E-state index in [1.165, 1.54) is 7.11 Å². The maximum atomic E-state index is 10.8. The number of carbonyl (C=O) groups is 1. The summed E-state index contributed by atoms with van der Waals surface area (Å²) in [4.78, 5) is 10.8. The quantitative estimate of drug-likeness (QED) is 0.540. The van der Waals surface area contributed by atoms with E-state index in [0.29, 0.717) is 12.8 Å². The molecule has 0 saturated carbocycles. The molecule has 1 aromatic carbocycles. The molecule has 0 aliphatic carbocycles. The van der Waals surface area contributed by atoms with E-state index in [-0.39, 0.29) is 19.8 Å². The molecule has 0 saturated heterocycles. The first-order valence-corrected chi connectivity index (χ1v) is 7.45. The smallest absolute Gasteiger partial charge is 0.438 e. The van der Waals surface area contributed by atoms with Crippen molar-refractivity contribution in [3.63, 3.8) is 0 Å². The minimum Gasteiger partial charge on any atom is -0.438 e. The van der Waals surface area contributed by atoms with E-state index >= 15 is 0 Å². The third-order valence-corrected chi connectivity index (χ3v) is 3.51. The van der Waals surface area contributed by atoms with Crippen LogP contribution in [0.4, 0.5) is 4.79 Å². The van der Waals surface area contributed by atoms with Gasteiger partial charge in [-0.2, -0.15) is 0 Å². The highest BCUT2D eigenvalue weighted by Gasteiger charge is 2.25. The van der Waals surface area contributed by atoms with Gasteiger partial charge in [0.2, 0.25) is 0 Å². The summed E-state index contributed by atoms with van der Waals surface area (Å²) >= 11 is 0. The molecule has 0 heterocycles. The molecule has 5 heteroatoms. The second kappa shape index (κ2) is 10.6. The molecule has 126 valence electrons. The molecular formula is C18H24O5. The minimum absolute atomic E-state index is 0.0967. The lowest BCUT2D eigenvalue weighted by atomic mass is 9.82. The van der Waals surface area contributed by atoms with Crippen molar-refractivity contribution in [3.05, 3.63) is 54.1 Å². The van der Waals surface area contributed by atoms with Crippen molar-refractivity contribution in [1.82, 2.24) is 0 Å². The summed E-state index contributed by atoms with van der Waals surface area (Å²) in [5.74, 6) is 0. The standard InChI is InChI=1S/C18H24O5/c1-22-17(21)23-13-6-5-11-18(14-19,15-20)12-7-10-16-8-3-2-4-9-16/h2-10,19-20H,11-15H2,1H3/b6-5+,10-7+. The average Bonchev–Trinajstić information content (AvgIpc) is 2.60. The summed E-state index contributed by atoms with van der Waals surface area (Å²) in [5, 5.41) is 19.2. The number of rotatable bonds is 9. The largest absolute Gasteiger partial charge is 0.508 e. The van der Waals surface area contributed by atoms with Crippen LogP contribution in [0.3, 0.4) is 0 Å². The van der Waals surface area contributed by atoms with Crippen LogP contribution >= 0.6 is 0 Å². The van der Waals surface area contributed by atoms with Gasteiger partial charge in [0.25, 0.3) is 0 Å². The Balaban J connectivity index is 2.52. The number of aliphatic hydroxyl groups is 2. The first-order valence-electron chi connectivity index (χ1n) is 7.45. The van der Waals surface area contributed by atoms with E-state index in [9.17, 15) is 15.0 Å². The van der Waals surface area contributed by atoms with Crippen molar-refractivity contribution >= 4 is 12.2 Å². The fourth-order valence-corrected chi connectivity index (χ4v) is 1.98. The molecule has 0 atom stereocenters. The Bertz CT molecular complexity index is 503. The van der Waals surface area contributed by atoms with Crippen molar-refractivity contribution in [3.8, 4) is 0 Å². The SMILES string of the molecule is COC(=O)OC/C=C/CC(CO)(CO)C/C=C/c1ccccc1. The number of carbonyl (C=O) groups excluding carboxylic acids is 1. The zero-order valence-corrected chi connectivity index (χ0v) is 13.4. The van der Waals surface area contributed by atoms with Gasteiger partial charge in [0.05, 0.1) is 20.3 Å². The molecule has 0 radical (unpaired) electrons. The van der Waals surface area contributed by atoms with Crippen LogP contribution in [0.25, 0.3) is 6.08 Å². The van der Waals surface area contributed by atoms with Gasteiger partial charge in [0.15, 0.2) is 0 Å². The lowest BCUT2D eigenvalue weighted by Gasteiger charge is -2.27. The van der Waals surface area contributed by atoms with Gasteiger partial charge in [0.1, 0.15) is 6.61 Å². The fourth-order valence-electron chi connectivity index (χ4n) is 1.98. The van der Waals surface area contributed by atoms with Gasteiger partial charge in [-0.25, -0.2) is 4.79 Å². The first kappa shape index (κ1) is 18.9. The number of methoxy groups -OCH3 is 1. The van der Waals surface area contributed by atoms with Gasteiger partial charge in [-0.1, -0.05) is 54.6 Å². The maximum absolute atomic E-state index is 10.8. The lowest BCUT2D eigenvalue weighted by molar-refractivity contribution is 0.0589. The number of allylic oxidation sites excluding steroid dienone is 2. The van der Waals surface area contributed by atoms with Crippen LogP contribution in [0, 0.1) is 5.41 Å². The Morgan fingerprint density at radius 1 is 1.09 bits per heavy atom. The Kier molecular flexibility index (Phi) is 8.72. The topological polar surface area (TPSA) is 76.0 Å². The van der Waals surface area contributed by atoms with E-state index in [0.717, 1.165) is 5.56 Å². The number of hydrogen-bond acceptors (Lipinski definition) is 5. The molecule has 1 aromatic rings. The fraction of sp³-hybridized carbons (Fsp3) is 0.389. The van der Waals surface area contributed by atoms with E-state index in [1.54, 1.807) is 12.2 Å². The molecular weight excluding hydrogens is 296 g/mol. The van der Waals surface area contributed by atoms with Crippen LogP contribution in [0.5, 0.6) is 0 Å². The van der Waals surface area contributed by atoms with Gasteiger partial charge < -0.3 is 19.7 Å². The van der Waals surface area contributed by atoms with Crippen LogP contribution < -0.4 is 0 Å². The van der Waals surface area contributed by atoms with Crippen LogP contribution in [0.2, 0.25) is 0 Å². The van der Waals surface area contributed by atoms with Crippen LogP contribution in [0.1, 0.15) is 18.4 Å². The molecule has 0 amide bonds. The molecule has 0 aliphatic rings. The molecule has 0 aliphatic heterocycles. The number of benzene rings is 1. The average molecular weight is 320 g/mol. The van der Waals surface area contributed by atoms with E-state index in [4.69, 9.17) is 4.74 Å². The minimum atomic E-state index is -0.740. The highest BCUT2D eigenvalue weighted by molar-refractivity contribution is 5.59. The number of aliphatic hydroxyl groups excluding tert-OH is 2. The molecule has 0 aromatic heterocycles. The zero-order chi connectivity index (χ0) is 17.0. The summed E-state index contributed by atoms with van der Waals surface area (Å²) in [7, 11) is 1.24. The van der Waals surface area contributed by atoms with Gasteiger partial charge in [-0.05, 0) is 18.4 Å². The van der Waals surface area contributed by atoms with Crippen molar-refractivity contribution in [1.29, 1.82) is 0 Å². The molecule has 2 N–H and O–H groups in total. The van der Waals surface area contributed by atoms with Gasteiger partial charge in [-0.3, -0.25) is 0 Å². The third kappa shape index (κ3) is 7.13. The first-order chi connectivity index (χ1) is 11.2. The van der Waals surface area contributed by atoms with Crippen LogP contribution in [-0.4, -0.2) is 43.3 Å².